The minimum absolute atomic E-state index is 0.0143. The van der Waals surface area contributed by atoms with E-state index in [4.69, 9.17) is 14.6 Å². The van der Waals surface area contributed by atoms with E-state index in [9.17, 15) is 17.2 Å². The maximum Gasteiger partial charge on any atom is 0.387 e. The SMILES string of the molecule is C=CCc1cc2c(cc1CS(N)(=O)=O)C(CC=C)Oc1cccc(OC(F)F)c1-2. The summed E-state index contributed by atoms with van der Waals surface area (Å²) in [5.41, 5.74) is 2.90. The zero-order chi connectivity index (χ0) is 21.2. The smallest absolute Gasteiger partial charge is 0.387 e. The monoisotopic (exact) mass is 421 g/mol. The second-order valence-electron chi connectivity index (χ2n) is 6.65. The Balaban J connectivity index is 2.27. The summed E-state index contributed by atoms with van der Waals surface area (Å²) in [6.07, 6.45) is 3.70. The summed E-state index contributed by atoms with van der Waals surface area (Å²) in [7, 11) is -3.78. The largest absolute Gasteiger partial charge is 0.485 e. The number of allylic oxidation sites excluding steroid dienone is 1. The summed E-state index contributed by atoms with van der Waals surface area (Å²) in [6, 6.07) is 8.17. The molecule has 3 rings (SSSR count). The quantitative estimate of drug-likeness (QED) is 0.638. The van der Waals surface area contributed by atoms with Gasteiger partial charge in [-0.15, -0.1) is 13.2 Å². The van der Waals surface area contributed by atoms with Crippen molar-refractivity contribution in [1.82, 2.24) is 0 Å². The molecule has 0 saturated carbocycles. The fourth-order valence-corrected chi connectivity index (χ4v) is 4.20. The van der Waals surface area contributed by atoms with E-state index in [0.29, 0.717) is 46.4 Å². The molecular formula is C21H21F2NO4S. The molecule has 29 heavy (non-hydrogen) atoms. The molecule has 0 bridgehead atoms. The number of halogens is 2. The topological polar surface area (TPSA) is 78.6 Å². The van der Waals surface area contributed by atoms with Crippen LogP contribution in [-0.2, 0) is 22.2 Å². The molecule has 2 aromatic carbocycles. The van der Waals surface area contributed by atoms with Crippen molar-refractivity contribution in [3.8, 4) is 22.6 Å². The average molecular weight is 421 g/mol. The number of benzene rings is 2. The van der Waals surface area contributed by atoms with E-state index in [1.807, 2.05) is 0 Å². The summed E-state index contributed by atoms with van der Waals surface area (Å²) >= 11 is 0. The van der Waals surface area contributed by atoms with Crippen molar-refractivity contribution in [3.05, 3.63) is 72.3 Å². The highest BCUT2D eigenvalue weighted by atomic mass is 32.2. The molecule has 1 atom stereocenters. The third-order valence-electron chi connectivity index (χ3n) is 4.56. The van der Waals surface area contributed by atoms with E-state index in [1.54, 1.807) is 36.4 Å². The summed E-state index contributed by atoms with van der Waals surface area (Å²) in [5, 5.41) is 5.25. The van der Waals surface area contributed by atoms with E-state index in [1.165, 1.54) is 6.07 Å². The van der Waals surface area contributed by atoms with E-state index in [-0.39, 0.29) is 11.5 Å². The second kappa shape index (κ2) is 8.34. The van der Waals surface area contributed by atoms with Crippen molar-refractivity contribution in [3.63, 3.8) is 0 Å². The molecular weight excluding hydrogens is 400 g/mol. The lowest BCUT2D eigenvalue weighted by Gasteiger charge is -2.30. The van der Waals surface area contributed by atoms with Crippen molar-refractivity contribution in [2.24, 2.45) is 5.14 Å². The Morgan fingerprint density at radius 2 is 1.97 bits per heavy atom. The molecule has 1 unspecified atom stereocenters. The number of hydrogen-bond acceptors (Lipinski definition) is 4. The molecule has 0 radical (unpaired) electrons. The first kappa shape index (κ1) is 21.0. The van der Waals surface area contributed by atoms with Crippen LogP contribution in [0.1, 0.15) is 29.2 Å². The molecule has 1 aliphatic rings. The van der Waals surface area contributed by atoms with Gasteiger partial charge in [-0.2, -0.15) is 8.78 Å². The standard InChI is InChI=1S/C21H21F2NO4S/c1-3-6-13-10-16-15(11-14(13)12-29(24,25)26)17(7-4-2)27-18-8-5-9-19(20(16)18)28-21(22)23/h3-5,8-11,17,21H,1-2,6-7,12H2,(H2,24,25,26). The minimum atomic E-state index is -3.78. The van der Waals surface area contributed by atoms with Gasteiger partial charge in [-0.05, 0) is 41.3 Å². The minimum Gasteiger partial charge on any atom is -0.485 e. The highest BCUT2D eigenvalue weighted by Crippen LogP contribution is 2.49. The lowest BCUT2D eigenvalue weighted by molar-refractivity contribution is -0.0496. The van der Waals surface area contributed by atoms with Crippen LogP contribution in [-0.4, -0.2) is 15.0 Å². The fourth-order valence-electron chi connectivity index (χ4n) is 3.50. The number of ether oxygens (including phenoxy) is 2. The van der Waals surface area contributed by atoms with Crippen LogP contribution in [0, 0.1) is 0 Å². The lowest BCUT2D eigenvalue weighted by Crippen LogP contribution is -2.19. The van der Waals surface area contributed by atoms with Crippen LogP contribution in [0.4, 0.5) is 8.78 Å². The Morgan fingerprint density at radius 3 is 2.59 bits per heavy atom. The van der Waals surface area contributed by atoms with Crippen LogP contribution in [0.3, 0.4) is 0 Å². The lowest BCUT2D eigenvalue weighted by atomic mass is 9.87. The maximum absolute atomic E-state index is 12.9. The van der Waals surface area contributed by atoms with Gasteiger partial charge in [0.15, 0.2) is 0 Å². The Morgan fingerprint density at radius 1 is 1.21 bits per heavy atom. The molecule has 1 aliphatic heterocycles. The molecule has 2 N–H and O–H groups in total. The van der Waals surface area contributed by atoms with Gasteiger partial charge < -0.3 is 9.47 Å². The number of rotatable bonds is 8. The molecule has 1 heterocycles. The van der Waals surface area contributed by atoms with Crippen LogP contribution < -0.4 is 14.6 Å². The summed E-state index contributed by atoms with van der Waals surface area (Å²) in [6.45, 7) is 4.45. The van der Waals surface area contributed by atoms with Crippen LogP contribution >= 0.6 is 0 Å². The van der Waals surface area contributed by atoms with Gasteiger partial charge in [-0.3, -0.25) is 0 Å². The van der Waals surface area contributed by atoms with Crippen molar-refractivity contribution in [2.45, 2.75) is 31.3 Å². The van der Waals surface area contributed by atoms with E-state index < -0.39 is 22.7 Å². The van der Waals surface area contributed by atoms with Crippen molar-refractivity contribution in [1.29, 1.82) is 0 Å². The highest BCUT2D eigenvalue weighted by molar-refractivity contribution is 7.88. The number of alkyl halides is 2. The molecule has 0 fully saturated rings. The van der Waals surface area contributed by atoms with Gasteiger partial charge in [0.2, 0.25) is 10.0 Å². The van der Waals surface area contributed by atoms with Gasteiger partial charge in [-0.1, -0.05) is 24.3 Å². The van der Waals surface area contributed by atoms with Crippen LogP contribution in [0.15, 0.2) is 55.6 Å². The van der Waals surface area contributed by atoms with Gasteiger partial charge in [0.25, 0.3) is 0 Å². The molecule has 0 spiro atoms. The summed E-state index contributed by atoms with van der Waals surface area (Å²) < 4.78 is 60.0. The molecule has 2 aromatic rings. The van der Waals surface area contributed by atoms with E-state index >= 15 is 0 Å². The molecule has 0 aromatic heterocycles. The zero-order valence-corrected chi connectivity index (χ0v) is 16.4. The van der Waals surface area contributed by atoms with Crippen LogP contribution in [0.2, 0.25) is 0 Å². The molecule has 8 heteroatoms. The predicted molar refractivity (Wildman–Crippen MR) is 107 cm³/mol. The Kier molecular flexibility index (Phi) is 6.04. The number of fused-ring (bicyclic) bond motifs is 3. The average Bonchev–Trinajstić information content (AvgIpc) is 2.61. The first-order chi connectivity index (χ1) is 13.7. The first-order valence-electron chi connectivity index (χ1n) is 8.86. The number of nitrogens with two attached hydrogens (primary N) is 1. The molecule has 0 amide bonds. The normalized spacial score (nSPS) is 15.2. The van der Waals surface area contributed by atoms with Gasteiger partial charge in [0, 0.05) is 12.0 Å². The van der Waals surface area contributed by atoms with E-state index in [0.717, 1.165) is 0 Å². The highest BCUT2D eigenvalue weighted by Gasteiger charge is 2.30. The molecule has 0 saturated heterocycles. The fraction of sp³-hybridized carbons (Fsp3) is 0.238. The van der Waals surface area contributed by atoms with Crippen molar-refractivity contribution < 1.29 is 26.7 Å². The molecule has 154 valence electrons. The third-order valence-corrected chi connectivity index (χ3v) is 5.28. The molecule has 5 nitrogen and oxygen atoms in total. The Labute approximate surface area is 168 Å². The Bertz CT molecular complexity index is 1050. The van der Waals surface area contributed by atoms with Gasteiger partial charge >= 0.3 is 6.61 Å². The van der Waals surface area contributed by atoms with E-state index in [2.05, 4.69) is 13.2 Å². The first-order valence-corrected chi connectivity index (χ1v) is 10.6. The molecule has 0 aliphatic carbocycles. The zero-order valence-electron chi connectivity index (χ0n) is 15.6. The predicted octanol–water partition coefficient (Wildman–Crippen LogP) is 4.48. The summed E-state index contributed by atoms with van der Waals surface area (Å²) in [4.78, 5) is 0. The van der Waals surface area contributed by atoms with Gasteiger partial charge in [-0.25, -0.2) is 13.6 Å². The van der Waals surface area contributed by atoms with Gasteiger partial charge in [0.1, 0.15) is 17.6 Å². The number of sulfonamides is 1. The summed E-state index contributed by atoms with van der Waals surface area (Å²) in [5.74, 6) is 0.0394. The second-order valence-corrected chi connectivity index (χ2v) is 8.26. The van der Waals surface area contributed by atoms with Crippen LogP contribution in [0.5, 0.6) is 11.5 Å². The van der Waals surface area contributed by atoms with Crippen molar-refractivity contribution >= 4 is 10.0 Å². The van der Waals surface area contributed by atoms with Crippen molar-refractivity contribution in [2.75, 3.05) is 0 Å². The maximum atomic E-state index is 12.9. The number of primary sulfonamides is 1. The Hall–Kier alpha value is -2.71. The number of hydrogen-bond donors (Lipinski definition) is 1. The third kappa shape index (κ3) is 4.65. The van der Waals surface area contributed by atoms with Crippen LogP contribution in [0.25, 0.3) is 11.1 Å². The van der Waals surface area contributed by atoms with Gasteiger partial charge in [0.05, 0.1) is 11.3 Å².